The molecule has 0 radical (unpaired) electrons. The average Bonchev–Trinajstić information content (AvgIpc) is 2.78. The molecule has 140 valence electrons. The maximum Gasteiger partial charge on any atom is 0.424 e. The van der Waals surface area contributed by atoms with Gasteiger partial charge in [0.05, 0.1) is 11.4 Å². The van der Waals surface area contributed by atoms with Gasteiger partial charge in [0.2, 0.25) is 0 Å². The molecule has 0 saturated heterocycles. The van der Waals surface area contributed by atoms with Crippen molar-refractivity contribution in [2.24, 2.45) is 0 Å². The Morgan fingerprint density at radius 2 is 1.14 bits per heavy atom. The fourth-order valence-corrected chi connectivity index (χ4v) is 4.45. The Balaban J connectivity index is 1.44. The molecule has 0 unspecified atom stereocenters. The summed E-state index contributed by atoms with van der Waals surface area (Å²) in [5, 5.41) is 0. The van der Waals surface area contributed by atoms with E-state index in [9.17, 15) is 4.79 Å². The van der Waals surface area contributed by atoms with E-state index in [1.165, 1.54) is 0 Å². The maximum atomic E-state index is 13.1. The smallest absolute Gasteiger partial charge is 0.410 e. The largest absolute Gasteiger partial charge is 0.424 e. The lowest BCUT2D eigenvalue weighted by atomic mass is 10.1. The molecule has 1 aliphatic rings. The summed E-state index contributed by atoms with van der Waals surface area (Å²) < 4.78 is 5.74. The Labute approximate surface area is 173 Å². The number of carbonyl (C=O) groups excluding carboxylic acids is 1. The second kappa shape index (κ2) is 7.49. The average molecular weight is 395 g/mol. The summed E-state index contributed by atoms with van der Waals surface area (Å²) >= 11 is 1.66. The van der Waals surface area contributed by atoms with Crippen molar-refractivity contribution in [3.05, 3.63) is 103 Å². The predicted molar refractivity (Wildman–Crippen MR) is 117 cm³/mol. The molecule has 0 saturated carbocycles. The SMILES string of the molecule is O=C(Oc1ccc(-c2ccccc2)cc1)N1c2ccccc2Sc2ccccc21. The molecule has 0 aromatic heterocycles. The van der Waals surface area contributed by atoms with E-state index in [0.29, 0.717) is 5.75 Å². The van der Waals surface area contributed by atoms with Crippen molar-refractivity contribution in [3.8, 4) is 16.9 Å². The van der Waals surface area contributed by atoms with Crippen LogP contribution in [-0.4, -0.2) is 6.09 Å². The molecule has 0 spiro atoms. The van der Waals surface area contributed by atoms with Gasteiger partial charge in [0.25, 0.3) is 0 Å². The van der Waals surface area contributed by atoms with Crippen LogP contribution in [0.5, 0.6) is 5.75 Å². The fourth-order valence-electron chi connectivity index (χ4n) is 3.39. The molecule has 4 heteroatoms. The van der Waals surface area contributed by atoms with Crippen molar-refractivity contribution in [2.45, 2.75) is 9.79 Å². The van der Waals surface area contributed by atoms with Crippen molar-refractivity contribution in [3.63, 3.8) is 0 Å². The van der Waals surface area contributed by atoms with Gasteiger partial charge >= 0.3 is 6.09 Å². The molecule has 29 heavy (non-hydrogen) atoms. The van der Waals surface area contributed by atoms with E-state index in [1.54, 1.807) is 16.7 Å². The molecule has 4 aromatic rings. The summed E-state index contributed by atoms with van der Waals surface area (Å²) in [6, 6.07) is 33.4. The summed E-state index contributed by atoms with van der Waals surface area (Å²) in [6.07, 6.45) is -0.419. The molecule has 0 N–H and O–H groups in total. The number of fused-ring (bicyclic) bond motifs is 2. The first-order valence-electron chi connectivity index (χ1n) is 9.33. The number of anilines is 2. The molecule has 4 aromatic carbocycles. The summed E-state index contributed by atoms with van der Waals surface area (Å²) in [6.45, 7) is 0. The van der Waals surface area contributed by atoms with Gasteiger partial charge in [-0.1, -0.05) is 78.5 Å². The van der Waals surface area contributed by atoms with Gasteiger partial charge in [0, 0.05) is 9.79 Å². The molecule has 1 aliphatic heterocycles. The van der Waals surface area contributed by atoms with Gasteiger partial charge in [-0.3, -0.25) is 0 Å². The van der Waals surface area contributed by atoms with Crippen molar-refractivity contribution < 1.29 is 9.53 Å². The Morgan fingerprint density at radius 3 is 1.76 bits per heavy atom. The van der Waals surface area contributed by atoms with Crippen LogP contribution in [0.2, 0.25) is 0 Å². The van der Waals surface area contributed by atoms with E-state index in [2.05, 4.69) is 12.1 Å². The molecule has 3 nitrogen and oxygen atoms in total. The monoisotopic (exact) mass is 395 g/mol. The number of hydrogen-bond acceptors (Lipinski definition) is 3. The van der Waals surface area contributed by atoms with E-state index in [0.717, 1.165) is 32.3 Å². The minimum atomic E-state index is -0.419. The third-order valence-corrected chi connectivity index (χ3v) is 5.91. The summed E-state index contributed by atoms with van der Waals surface area (Å²) in [7, 11) is 0. The van der Waals surface area contributed by atoms with Crippen LogP contribution in [0.1, 0.15) is 0 Å². The lowest BCUT2D eigenvalue weighted by molar-refractivity contribution is 0.210. The predicted octanol–water partition coefficient (Wildman–Crippen LogP) is 7.16. The Hall–Kier alpha value is -3.50. The van der Waals surface area contributed by atoms with Crippen molar-refractivity contribution in [1.82, 2.24) is 0 Å². The first-order chi connectivity index (χ1) is 14.3. The molecule has 0 bridgehead atoms. The number of para-hydroxylation sites is 2. The quantitative estimate of drug-likeness (QED) is 0.361. The molecule has 0 aliphatic carbocycles. The number of rotatable bonds is 2. The fraction of sp³-hybridized carbons (Fsp3) is 0. The number of nitrogens with zero attached hydrogens (tertiary/aromatic N) is 1. The summed E-state index contributed by atoms with van der Waals surface area (Å²) in [5.41, 5.74) is 3.88. The van der Waals surface area contributed by atoms with Crippen LogP contribution in [0.4, 0.5) is 16.2 Å². The van der Waals surface area contributed by atoms with E-state index in [-0.39, 0.29) is 0 Å². The standard InChI is InChI=1S/C25H17NO2S/c27-25(28-20-16-14-19(15-17-20)18-8-2-1-3-9-18)26-21-10-4-6-12-23(21)29-24-13-7-5-11-22(24)26/h1-17H. The Bertz CT molecular complexity index is 1130. The van der Waals surface area contributed by atoms with Gasteiger partial charge in [-0.05, 0) is 47.5 Å². The van der Waals surface area contributed by atoms with E-state index < -0.39 is 6.09 Å². The van der Waals surface area contributed by atoms with Gasteiger partial charge in [-0.25, -0.2) is 9.69 Å². The third-order valence-electron chi connectivity index (χ3n) is 4.78. The summed E-state index contributed by atoms with van der Waals surface area (Å²) in [5.74, 6) is 0.517. The van der Waals surface area contributed by atoms with Gasteiger partial charge < -0.3 is 4.74 Å². The lowest BCUT2D eigenvalue weighted by Crippen LogP contribution is -2.31. The molecular weight excluding hydrogens is 378 g/mol. The number of ether oxygens (including phenoxy) is 1. The van der Waals surface area contributed by atoms with Crippen molar-refractivity contribution in [2.75, 3.05) is 4.90 Å². The van der Waals surface area contributed by atoms with Gasteiger partial charge in [0.1, 0.15) is 5.75 Å². The minimum Gasteiger partial charge on any atom is -0.410 e. The first-order valence-corrected chi connectivity index (χ1v) is 10.1. The van der Waals surface area contributed by atoms with Gasteiger partial charge in [0.15, 0.2) is 0 Å². The highest BCUT2D eigenvalue weighted by Crippen LogP contribution is 2.48. The molecular formula is C25H17NO2S. The highest BCUT2D eigenvalue weighted by Gasteiger charge is 2.29. The van der Waals surface area contributed by atoms with Crippen LogP contribution in [0.3, 0.4) is 0 Å². The highest BCUT2D eigenvalue weighted by molar-refractivity contribution is 7.99. The van der Waals surface area contributed by atoms with E-state index in [4.69, 9.17) is 4.74 Å². The number of benzene rings is 4. The second-order valence-electron chi connectivity index (χ2n) is 6.63. The zero-order valence-electron chi connectivity index (χ0n) is 15.5. The molecule has 5 rings (SSSR count). The zero-order chi connectivity index (χ0) is 19.6. The van der Waals surface area contributed by atoms with Crippen molar-refractivity contribution >= 4 is 29.2 Å². The van der Waals surface area contributed by atoms with Crippen LogP contribution in [0.25, 0.3) is 11.1 Å². The second-order valence-corrected chi connectivity index (χ2v) is 7.72. The molecule has 1 heterocycles. The van der Waals surface area contributed by atoms with Crippen LogP contribution in [0, 0.1) is 0 Å². The summed E-state index contributed by atoms with van der Waals surface area (Å²) in [4.78, 5) is 16.8. The Kier molecular flexibility index (Phi) is 4.54. The van der Waals surface area contributed by atoms with Gasteiger partial charge in [-0.15, -0.1) is 0 Å². The number of hydrogen-bond donors (Lipinski definition) is 0. The lowest BCUT2D eigenvalue weighted by Gasteiger charge is -2.30. The maximum absolute atomic E-state index is 13.1. The van der Waals surface area contributed by atoms with Crippen molar-refractivity contribution in [1.29, 1.82) is 0 Å². The zero-order valence-corrected chi connectivity index (χ0v) is 16.3. The van der Waals surface area contributed by atoms with Crippen LogP contribution in [-0.2, 0) is 0 Å². The topological polar surface area (TPSA) is 29.5 Å². The minimum absolute atomic E-state index is 0.419. The van der Waals surface area contributed by atoms with E-state index in [1.807, 2.05) is 91.0 Å². The number of carbonyl (C=O) groups is 1. The third kappa shape index (κ3) is 3.39. The first kappa shape index (κ1) is 17.6. The normalized spacial score (nSPS) is 12.1. The molecule has 1 amide bonds. The number of amides is 1. The highest BCUT2D eigenvalue weighted by atomic mass is 32.2. The van der Waals surface area contributed by atoms with Crippen LogP contribution in [0.15, 0.2) is 113 Å². The molecule has 0 fully saturated rings. The van der Waals surface area contributed by atoms with Gasteiger partial charge in [-0.2, -0.15) is 0 Å². The van der Waals surface area contributed by atoms with Crippen LogP contribution < -0.4 is 9.64 Å². The molecule has 0 atom stereocenters. The van der Waals surface area contributed by atoms with Crippen LogP contribution >= 0.6 is 11.8 Å². The van der Waals surface area contributed by atoms with E-state index >= 15 is 0 Å². The Morgan fingerprint density at radius 1 is 0.621 bits per heavy atom.